The molecule has 1 aromatic carbocycles. The Labute approximate surface area is 178 Å². The number of nitrogen functional groups attached to an aromatic ring is 1. The van der Waals surface area contributed by atoms with E-state index in [-0.39, 0.29) is 17.8 Å². The number of alkyl carbamates (subject to hydrolysis) is 1. The van der Waals surface area contributed by atoms with Gasteiger partial charge in [0, 0.05) is 18.0 Å². The molecule has 0 radical (unpaired) electrons. The molecule has 30 heavy (non-hydrogen) atoms. The second-order valence-corrected chi connectivity index (χ2v) is 9.35. The number of amides is 1. The molecule has 3 heterocycles. The quantitative estimate of drug-likeness (QED) is 0.649. The monoisotopic (exact) mass is 429 g/mol. The van der Waals surface area contributed by atoms with Crippen molar-refractivity contribution in [3.63, 3.8) is 0 Å². The van der Waals surface area contributed by atoms with E-state index in [9.17, 15) is 9.18 Å². The van der Waals surface area contributed by atoms with Crippen molar-refractivity contribution in [2.24, 2.45) is 0 Å². The normalized spacial score (nSPS) is 16.8. The molecule has 1 fully saturated rings. The zero-order valence-corrected chi connectivity index (χ0v) is 17.9. The summed E-state index contributed by atoms with van der Waals surface area (Å²) in [5.74, 6) is 0.675. The minimum Gasteiger partial charge on any atom is -0.444 e. The number of rotatable bonds is 3. The molecule has 7 nitrogen and oxygen atoms in total. The standard InChI is InChI=1S/C21H24FN5O2S/c1-21(2,3)29-20(28)24-14-8-9-27(11-14)17-15-10-16(12-4-6-13(22)7-5-12)30-18(15)26-19(23)25-17/h4-7,10,14H,8-9,11H2,1-3H3,(H,24,28)(H2,23,25,26)/t14-/m1/s1. The Morgan fingerprint density at radius 2 is 2.03 bits per heavy atom. The number of hydrogen-bond donors (Lipinski definition) is 2. The number of nitrogens with two attached hydrogens (primary N) is 1. The van der Waals surface area contributed by atoms with Crippen LogP contribution in [0.2, 0.25) is 0 Å². The first kappa shape index (κ1) is 20.3. The molecule has 1 saturated heterocycles. The van der Waals surface area contributed by atoms with Gasteiger partial charge in [-0.2, -0.15) is 4.98 Å². The van der Waals surface area contributed by atoms with E-state index >= 15 is 0 Å². The van der Waals surface area contributed by atoms with Gasteiger partial charge < -0.3 is 20.7 Å². The third-order valence-electron chi connectivity index (χ3n) is 4.73. The highest BCUT2D eigenvalue weighted by Gasteiger charge is 2.28. The summed E-state index contributed by atoms with van der Waals surface area (Å²) in [5, 5.41) is 3.82. The molecule has 2 aromatic heterocycles. The summed E-state index contributed by atoms with van der Waals surface area (Å²) in [5.41, 5.74) is 6.34. The van der Waals surface area contributed by atoms with Crippen LogP contribution in [-0.2, 0) is 4.74 Å². The molecule has 0 aliphatic carbocycles. The molecular weight excluding hydrogens is 405 g/mol. The van der Waals surface area contributed by atoms with Crippen molar-refractivity contribution in [1.82, 2.24) is 15.3 Å². The molecule has 158 valence electrons. The first-order valence-corrected chi connectivity index (χ1v) is 10.6. The Kier molecular flexibility index (Phi) is 5.23. The van der Waals surface area contributed by atoms with E-state index in [0.717, 1.165) is 39.4 Å². The largest absolute Gasteiger partial charge is 0.444 e. The number of hydrogen-bond acceptors (Lipinski definition) is 7. The fourth-order valence-electron chi connectivity index (χ4n) is 3.46. The van der Waals surface area contributed by atoms with Gasteiger partial charge in [-0.3, -0.25) is 0 Å². The molecule has 1 aliphatic rings. The summed E-state index contributed by atoms with van der Waals surface area (Å²) in [6, 6.07) is 8.33. The molecule has 3 aromatic rings. The number of halogens is 1. The zero-order chi connectivity index (χ0) is 21.5. The Morgan fingerprint density at radius 1 is 1.30 bits per heavy atom. The van der Waals surface area contributed by atoms with Crippen molar-refractivity contribution in [1.29, 1.82) is 0 Å². The Balaban J connectivity index is 1.57. The molecule has 3 N–H and O–H groups in total. The summed E-state index contributed by atoms with van der Waals surface area (Å²) in [7, 11) is 0. The van der Waals surface area contributed by atoms with Crippen molar-refractivity contribution in [3.8, 4) is 10.4 Å². The maximum Gasteiger partial charge on any atom is 0.407 e. The van der Waals surface area contributed by atoms with Crippen molar-refractivity contribution in [2.75, 3.05) is 23.7 Å². The summed E-state index contributed by atoms with van der Waals surface area (Å²) in [6.45, 7) is 6.84. The molecule has 1 amide bonds. The summed E-state index contributed by atoms with van der Waals surface area (Å²) < 4.78 is 18.6. The van der Waals surface area contributed by atoms with Crippen molar-refractivity contribution >= 4 is 39.4 Å². The molecule has 0 spiro atoms. The van der Waals surface area contributed by atoms with Gasteiger partial charge in [0.05, 0.1) is 11.4 Å². The smallest absolute Gasteiger partial charge is 0.407 e. The lowest BCUT2D eigenvalue weighted by Crippen LogP contribution is -2.40. The second-order valence-electron chi connectivity index (χ2n) is 8.32. The number of nitrogens with one attached hydrogen (secondary N) is 1. The molecule has 9 heteroatoms. The van der Waals surface area contributed by atoms with E-state index in [1.54, 1.807) is 12.1 Å². The predicted molar refractivity (Wildman–Crippen MR) is 117 cm³/mol. The van der Waals surface area contributed by atoms with Gasteiger partial charge in [0.2, 0.25) is 5.95 Å². The minimum absolute atomic E-state index is 0.0405. The lowest BCUT2D eigenvalue weighted by atomic mass is 10.2. The number of nitrogens with zero attached hydrogens (tertiary/aromatic N) is 3. The minimum atomic E-state index is -0.539. The number of anilines is 2. The van der Waals surface area contributed by atoms with E-state index in [4.69, 9.17) is 10.5 Å². The average molecular weight is 430 g/mol. The number of ether oxygens (including phenoxy) is 1. The van der Waals surface area contributed by atoms with Gasteiger partial charge in [0.1, 0.15) is 22.1 Å². The highest BCUT2D eigenvalue weighted by atomic mass is 32.1. The highest BCUT2D eigenvalue weighted by molar-refractivity contribution is 7.22. The topological polar surface area (TPSA) is 93.4 Å². The van der Waals surface area contributed by atoms with Crippen LogP contribution in [0.4, 0.5) is 21.0 Å². The number of benzene rings is 1. The number of fused-ring (bicyclic) bond motifs is 1. The molecule has 4 rings (SSSR count). The van der Waals surface area contributed by atoms with Gasteiger partial charge in [-0.25, -0.2) is 14.2 Å². The highest BCUT2D eigenvalue weighted by Crippen LogP contribution is 2.37. The van der Waals surface area contributed by atoms with Gasteiger partial charge in [-0.1, -0.05) is 12.1 Å². The van der Waals surface area contributed by atoms with Gasteiger partial charge in [-0.15, -0.1) is 11.3 Å². The van der Waals surface area contributed by atoms with Crippen molar-refractivity contribution in [3.05, 3.63) is 36.1 Å². The van der Waals surface area contributed by atoms with Crippen LogP contribution in [-0.4, -0.2) is 40.8 Å². The fourth-order valence-corrected chi connectivity index (χ4v) is 4.50. The van der Waals surface area contributed by atoms with Gasteiger partial charge in [-0.05, 0) is 51.0 Å². The molecule has 1 atom stereocenters. The van der Waals surface area contributed by atoms with E-state index < -0.39 is 11.7 Å². The summed E-state index contributed by atoms with van der Waals surface area (Å²) in [4.78, 5) is 24.8. The van der Waals surface area contributed by atoms with Crippen molar-refractivity contribution in [2.45, 2.75) is 38.8 Å². The first-order chi connectivity index (χ1) is 14.2. The number of aromatic nitrogens is 2. The maximum absolute atomic E-state index is 13.3. The van der Waals surface area contributed by atoms with Crippen LogP contribution in [0, 0.1) is 5.82 Å². The number of thiophene rings is 1. The van der Waals surface area contributed by atoms with Crippen LogP contribution < -0.4 is 16.0 Å². The lowest BCUT2D eigenvalue weighted by molar-refractivity contribution is 0.0509. The summed E-state index contributed by atoms with van der Waals surface area (Å²) in [6.07, 6.45) is 0.357. The van der Waals surface area contributed by atoms with Crippen LogP contribution in [0.5, 0.6) is 0 Å². The van der Waals surface area contributed by atoms with E-state index in [1.807, 2.05) is 26.8 Å². The van der Waals surface area contributed by atoms with Gasteiger partial charge in [0.25, 0.3) is 0 Å². The molecular formula is C21H24FN5O2S. The molecule has 0 bridgehead atoms. The first-order valence-electron chi connectivity index (χ1n) is 9.75. The molecule has 1 aliphatic heterocycles. The van der Waals surface area contributed by atoms with E-state index in [0.29, 0.717) is 6.54 Å². The number of carbonyl (C=O) groups is 1. The Hall–Kier alpha value is -2.94. The van der Waals surface area contributed by atoms with Crippen LogP contribution in [0.25, 0.3) is 20.7 Å². The molecule has 0 saturated carbocycles. The SMILES string of the molecule is CC(C)(C)OC(=O)N[C@@H]1CCN(c2nc(N)nc3sc(-c4ccc(F)cc4)cc23)C1. The van der Waals surface area contributed by atoms with E-state index in [1.165, 1.54) is 23.5 Å². The lowest BCUT2D eigenvalue weighted by Gasteiger charge is -2.22. The Bertz CT molecular complexity index is 1080. The van der Waals surface area contributed by atoms with Gasteiger partial charge in [0.15, 0.2) is 0 Å². The van der Waals surface area contributed by atoms with Crippen LogP contribution in [0.1, 0.15) is 27.2 Å². The van der Waals surface area contributed by atoms with Crippen molar-refractivity contribution < 1.29 is 13.9 Å². The van der Waals surface area contributed by atoms with E-state index in [2.05, 4.69) is 20.2 Å². The third-order valence-corrected chi connectivity index (χ3v) is 5.81. The average Bonchev–Trinajstić information content (AvgIpc) is 3.27. The van der Waals surface area contributed by atoms with Crippen LogP contribution in [0.15, 0.2) is 30.3 Å². The number of carbonyl (C=O) groups excluding carboxylic acids is 1. The zero-order valence-electron chi connectivity index (χ0n) is 17.1. The third kappa shape index (κ3) is 4.46. The van der Waals surface area contributed by atoms with Crippen LogP contribution in [0.3, 0.4) is 0 Å². The fraction of sp³-hybridized carbons (Fsp3) is 0.381. The van der Waals surface area contributed by atoms with Crippen LogP contribution >= 0.6 is 11.3 Å². The summed E-state index contributed by atoms with van der Waals surface area (Å²) >= 11 is 1.49. The van der Waals surface area contributed by atoms with Gasteiger partial charge >= 0.3 is 6.09 Å². The maximum atomic E-state index is 13.3. The predicted octanol–water partition coefficient (Wildman–Crippen LogP) is 4.18. The second kappa shape index (κ2) is 7.71. The molecule has 0 unspecified atom stereocenters. The Morgan fingerprint density at radius 3 is 2.73 bits per heavy atom.